The monoisotopic (exact) mass is 324 g/mol. The average molecular weight is 324 g/mol. The van der Waals surface area contributed by atoms with Gasteiger partial charge in [0.2, 0.25) is 0 Å². The van der Waals surface area contributed by atoms with E-state index in [0.717, 1.165) is 17.8 Å². The number of hydrogen-bond acceptors (Lipinski definition) is 2. The summed E-state index contributed by atoms with van der Waals surface area (Å²) >= 11 is 1.60. The number of rotatable bonds is 3. The van der Waals surface area contributed by atoms with Crippen molar-refractivity contribution < 1.29 is 4.79 Å². The minimum atomic E-state index is -0.184. The normalized spacial score (nSPS) is 12.0. The maximum absolute atomic E-state index is 12.4. The van der Waals surface area contributed by atoms with E-state index in [-0.39, 0.29) is 5.91 Å². The van der Waals surface area contributed by atoms with E-state index in [0.29, 0.717) is 5.56 Å². The largest absolute Gasteiger partial charge is 0.316 e. The van der Waals surface area contributed by atoms with Gasteiger partial charge >= 0.3 is 0 Å². The number of benzene rings is 2. The molecule has 3 rings (SSSR count). The van der Waals surface area contributed by atoms with Gasteiger partial charge in [-0.1, -0.05) is 42.5 Å². The third kappa shape index (κ3) is 3.13. The smallest absolute Gasteiger partial charge is 0.279 e. The summed E-state index contributed by atoms with van der Waals surface area (Å²) < 4.78 is 3.38. The Kier molecular flexibility index (Phi) is 4.44. The van der Waals surface area contributed by atoms with Gasteiger partial charge < -0.3 is 4.57 Å². The van der Waals surface area contributed by atoms with Gasteiger partial charge in [-0.2, -0.15) is 4.99 Å². The number of aromatic nitrogens is 1. The Bertz CT molecular complexity index is 920. The lowest BCUT2D eigenvalue weighted by Crippen LogP contribution is -2.16. The molecular weight excluding hydrogens is 304 g/mol. The first-order valence-electron chi connectivity index (χ1n) is 7.85. The zero-order valence-corrected chi connectivity index (χ0v) is 14.5. The second kappa shape index (κ2) is 6.50. The third-order valence-electron chi connectivity index (χ3n) is 3.78. The molecular formula is C19H20N2OS. The van der Waals surface area contributed by atoms with E-state index < -0.39 is 0 Å². The molecule has 1 amide bonds. The Morgan fingerprint density at radius 3 is 2.61 bits per heavy atom. The van der Waals surface area contributed by atoms with Crippen LogP contribution in [0, 0.1) is 13.8 Å². The molecule has 118 valence electrons. The van der Waals surface area contributed by atoms with Crippen LogP contribution in [-0.4, -0.2) is 10.5 Å². The van der Waals surface area contributed by atoms with E-state index in [1.165, 1.54) is 21.3 Å². The lowest BCUT2D eigenvalue weighted by molar-refractivity contribution is 0.0998. The number of nitrogens with zero attached hydrogens (tertiary/aromatic N) is 2. The van der Waals surface area contributed by atoms with Gasteiger partial charge in [-0.05, 0) is 49.6 Å². The van der Waals surface area contributed by atoms with Crippen LogP contribution in [-0.2, 0) is 6.54 Å². The molecule has 0 bridgehead atoms. The van der Waals surface area contributed by atoms with E-state index in [1.54, 1.807) is 23.5 Å². The number of fused-ring (bicyclic) bond motifs is 1. The van der Waals surface area contributed by atoms with Crippen molar-refractivity contribution in [1.82, 2.24) is 4.57 Å². The van der Waals surface area contributed by atoms with Crippen molar-refractivity contribution in [2.75, 3.05) is 0 Å². The van der Waals surface area contributed by atoms with Crippen molar-refractivity contribution in [3.8, 4) is 0 Å². The third-order valence-corrected chi connectivity index (χ3v) is 5.01. The van der Waals surface area contributed by atoms with Crippen LogP contribution >= 0.6 is 11.3 Å². The molecule has 0 radical (unpaired) electrons. The van der Waals surface area contributed by atoms with Gasteiger partial charge in [-0.25, -0.2) is 0 Å². The maximum atomic E-state index is 12.4. The molecule has 1 heterocycles. The first kappa shape index (κ1) is 15.7. The Hall–Kier alpha value is -2.20. The minimum Gasteiger partial charge on any atom is -0.316 e. The Morgan fingerprint density at radius 1 is 1.17 bits per heavy atom. The lowest BCUT2D eigenvalue weighted by Gasteiger charge is -2.04. The highest BCUT2D eigenvalue weighted by atomic mass is 32.1. The molecule has 0 saturated heterocycles. The number of hydrogen-bond donors (Lipinski definition) is 0. The molecule has 0 N–H and O–H groups in total. The molecule has 3 aromatic rings. The van der Waals surface area contributed by atoms with Crippen LogP contribution in [0.4, 0.5) is 0 Å². The first-order chi connectivity index (χ1) is 11.1. The van der Waals surface area contributed by atoms with Crippen molar-refractivity contribution in [2.45, 2.75) is 33.7 Å². The molecule has 2 aromatic carbocycles. The number of aryl methyl sites for hydroxylation is 3. The predicted octanol–water partition coefficient (Wildman–Crippen LogP) is 4.47. The van der Waals surface area contributed by atoms with Crippen molar-refractivity contribution in [3.63, 3.8) is 0 Å². The molecule has 0 atom stereocenters. The number of carbonyl (C=O) groups excluding carboxylic acids is 1. The Balaban J connectivity index is 2.20. The number of carbonyl (C=O) groups is 1. The molecule has 1 aromatic heterocycles. The summed E-state index contributed by atoms with van der Waals surface area (Å²) in [6, 6.07) is 13.6. The van der Waals surface area contributed by atoms with Crippen LogP contribution in [0.15, 0.2) is 47.5 Å². The fourth-order valence-electron chi connectivity index (χ4n) is 2.77. The molecule has 0 unspecified atom stereocenters. The highest BCUT2D eigenvalue weighted by molar-refractivity contribution is 7.16. The van der Waals surface area contributed by atoms with Gasteiger partial charge in [0.05, 0.1) is 10.2 Å². The van der Waals surface area contributed by atoms with Gasteiger partial charge in [0, 0.05) is 12.1 Å². The summed E-state index contributed by atoms with van der Waals surface area (Å²) in [7, 11) is 0. The summed E-state index contributed by atoms with van der Waals surface area (Å²) in [6.45, 7) is 7.23. The molecule has 0 saturated carbocycles. The standard InChI is InChI=1S/C19H20N2OS/c1-4-10-21-16-12-13(2)11-14(3)17(16)23-19(21)20-18(22)15-8-6-5-7-9-15/h5-9,11-12H,4,10H2,1-3H3. The van der Waals surface area contributed by atoms with E-state index in [9.17, 15) is 4.79 Å². The Labute approximate surface area is 139 Å². The summed E-state index contributed by atoms with van der Waals surface area (Å²) in [4.78, 5) is 17.6. The molecule has 4 heteroatoms. The molecule has 0 fully saturated rings. The average Bonchev–Trinajstić information content (AvgIpc) is 2.87. The summed E-state index contributed by atoms with van der Waals surface area (Å²) in [6.07, 6.45) is 1.01. The van der Waals surface area contributed by atoms with Crippen LogP contribution in [0.5, 0.6) is 0 Å². The van der Waals surface area contributed by atoms with Crippen LogP contribution < -0.4 is 4.80 Å². The Morgan fingerprint density at radius 2 is 1.91 bits per heavy atom. The van der Waals surface area contributed by atoms with E-state index in [4.69, 9.17) is 0 Å². The molecule has 0 aliphatic carbocycles. The van der Waals surface area contributed by atoms with Crippen LogP contribution in [0.1, 0.15) is 34.8 Å². The van der Waals surface area contributed by atoms with Crippen molar-refractivity contribution >= 4 is 27.5 Å². The zero-order valence-electron chi connectivity index (χ0n) is 13.7. The highest BCUT2D eigenvalue weighted by Crippen LogP contribution is 2.23. The zero-order chi connectivity index (χ0) is 16.4. The fraction of sp³-hybridized carbons (Fsp3) is 0.263. The van der Waals surface area contributed by atoms with E-state index >= 15 is 0 Å². The SMILES string of the molecule is CCCn1c(=NC(=O)c2ccccc2)sc2c(C)cc(C)cc21. The highest BCUT2D eigenvalue weighted by Gasteiger charge is 2.10. The molecule has 23 heavy (non-hydrogen) atoms. The topological polar surface area (TPSA) is 34.4 Å². The summed E-state index contributed by atoms with van der Waals surface area (Å²) in [5.41, 5.74) is 4.27. The first-order valence-corrected chi connectivity index (χ1v) is 8.66. The molecule has 0 aliphatic heterocycles. The fourth-order valence-corrected chi connectivity index (χ4v) is 3.87. The molecule has 0 aliphatic rings. The van der Waals surface area contributed by atoms with Crippen molar-refractivity contribution in [2.24, 2.45) is 4.99 Å². The summed E-state index contributed by atoms with van der Waals surface area (Å²) in [5, 5.41) is 0. The molecule has 0 spiro atoms. The predicted molar refractivity (Wildman–Crippen MR) is 95.9 cm³/mol. The summed E-state index contributed by atoms with van der Waals surface area (Å²) in [5.74, 6) is -0.184. The van der Waals surface area contributed by atoms with Crippen LogP contribution in [0.2, 0.25) is 0 Å². The number of amides is 1. The van der Waals surface area contributed by atoms with Gasteiger partial charge in [0.25, 0.3) is 5.91 Å². The van der Waals surface area contributed by atoms with Crippen LogP contribution in [0.25, 0.3) is 10.2 Å². The number of thiazole rings is 1. The van der Waals surface area contributed by atoms with Gasteiger partial charge in [0.15, 0.2) is 4.80 Å². The molecule has 3 nitrogen and oxygen atoms in total. The van der Waals surface area contributed by atoms with Gasteiger partial charge in [-0.3, -0.25) is 4.79 Å². The van der Waals surface area contributed by atoms with E-state index in [2.05, 4.69) is 42.5 Å². The van der Waals surface area contributed by atoms with Crippen molar-refractivity contribution in [1.29, 1.82) is 0 Å². The second-order valence-corrected chi connectivity index (χ2v) is 6.73. The van der Waals surface area contributed by atoms with E-state index in [1.807, 2.05) is 18.2 Å². The van der Waals surface area contributed by atoms with Crippen LogP contribution in [0.3, 0.4) is 0 Å². The maximum Gasteiger partial charge on any atom is 0.279 e. The quantitative estimate of drug-likeness (QED) is 0.700. The second-order valence-electron chi connectivity index (χ2n) is 5.75. The van der Waals surface area contributed by atoms with Crippen molar-refractivity contribution in [3.05, 3.63) is 64.0 Å². The lowest BCUT2D eigenvalue weighted by atomic mass is 10.1. The van der Waals surface area contributed by atoms with Gasteiger partial charge in [-0.15, -0.1) is 0 Å². The van der Waals surface area contributed by atoms with Gasteiger partial charge in [0.1, 0.15) is 0 Å². The minimum absolute atomic E-state index is 0.184.